The molecule has 4 rings (SSSR count). The van der Waals surface area contributed by atoms with Crippen LogP contribution in [0.1, 0.15) is 16.8 Å². The number of rotatable bonds is 2. The van der Waals surface area contributed by atoms with E-state index in [0.717, 1.165) is 42.1 Å². The van der Waals surface area contributed by atoms with E-state index in [9.17, 15) is 4.79 Å². The predicted molar refractivity (Wildman–Crippen MR) is 102 cm³/mol. The average molecular weight is 373 g/mol. The molecule has 7 heteroatoms. The lowest BCUT2D eigenvalue weighted by Gasteiger charge is -2.23. The summed E-state index contributed by atoms with van der Waals surface area (Å²) in [5, 5.41) is 3.71. The molecule has 25 heavy (non-hydrogen) atoms. The monoisotopic (exact) mass is 372 g/mol. The highest BCUT2D eigenvalue weighted by Gasteiger charge is 2.22. The molecule has 0 saturated carbocycles. The molecule has 3 heterocycles. The minimum Gasteiger partial charge on any atom is -0.354 e. The van der Waals surface area contributed by atoms with E-state index in [1.807, 2.05) is 22.4 Å². The Kier molecular flexibility index (Phi) is 4.55. The number of aromatic nitrogens is 2. The van der Waals surface area contributed by atoms with Crippen molar-refractivity contribution in [2.45, 2.75) is 6.42 Å². The van der Waals surface area contributed by atoms with Gasteiger partial charge < -0.3 is 9.80 Å². The molecule has 0 spiro atoms. The molecule has 1 aliphatic heterocycles. The number of hydrogen-bond acceptors (Lipinski definition) is 5. The Morgan fingerprint density at radius 2 is 2.04 bits per heavy atom. The average Bonchev–Trinajstić information content (AvgIpc) is 2.98. The van der Waals surface area contributed by atoms with Crippen LogP contribution in [0.15, 0.2) is 42.0 Å². The molecule has 0 bridgehead atoms. The van der Waals surface area contributed by atoms with Crippen LogP contribution in [-0.4, -0.2) is 47.0 Å². The molecule has 1 fully saturated rings. The summed E-state index contributed by atoms with van der Waals surface area (Å²) in [7, 11) is 0. The van der Waals surface area contributed by atoms with Crippen molar-refractivity contribution in [2.24, 2.45) is 0 Å². The first-order chi connectivity index (χ1) is 12.2. The fourth-order valence-corrected chi connectivity index (χ4v) is 4.08. The largest absolute Gasteiger partial charge is 0.354 e. The second kappa shape index (κ2) is 6.98. The molecule has 0 unspecified atom stereocenters. The van der Waals surface area contributed by atoms with Crippen LogP contribution < -0.4 is 4.90 Å². The van der Waals surface area contributed by atoms with Gasteiger partial charge in [-0.1, -0.05) is 17.7 Å². The maximum absolute atomic E-state index is 12.7. The number of carbonyl (C=O) groups excluding carboxylic acids is 1. The topological polar surface area (TPSA) is 49.3 Å². The van der Waals surface area contributed by atoms with Gasteiger partial charge in [0.15, 0.2) is 0 Å². The third-order valence-electron chi connectivity index (χ3n) is 4.39. The van der Waals surface area contributed by atoms with Crippen molar-refractivity contribution in [2.75, 3.05) is 31.1 Å². The summed E-state index contributed by atoms with van der Waals surface area (Å²) < 4.78 is 0. The van der Waals surface area contributed by atoms with E-state index in [1.54, 1.807) is 29.8 Å². The molecule has 0 aliphatic carbocycles. The first-order valence-electron chi connectivity index (χ1n) is 8.20. The molecule has 1 aromatic carbocycles. The number of amides is 1. The van der Waals surface area contributed by atoms with Gasteiger partial charge in [-0.15, -0.1) is 11.3 Å². The molecule has 1 amide bonds. The van der Waals surface area contributed by atoms with Crippen molar-refractivity contribution < 1.29 is 4.79 Å². The zero-order valence-electron chi connectivity index (χ0n) is 13.6. The van der Waals surface area contributed by atoms with E-state index >= 15 is 0 Å². The molecule has 1 saturated heterocycles. The first kappa shape index (κ1) is 16.3. The fraction of sp³-hybridized carbons (Fsp3) is 0.278. The Labute approximate surface area is 154 Å². The lowest BCUT2D eigenvalue weighted by Crippen LogP contribution is -2.35. The van der Waals surface area contributed by atoms with E-state index in [4.69, 9.17) is 11.6 Å². The summed E-state index contributed by atoms with van der Waals surface area (Å²) in [6.45, 7) is 3.04. The zero-order valence-corrected chi connectivity index (χ0v) is 15.1. The Balaban J connectivity index is 1.52. The Morgan fingerprint density at radius 3 is 2.92 bits per heavy atom. The number of hydrogen-bond donors (Lipinski definition) is 0. The summed E-state index contributed by atoms with van der Waals surface area (Å²) in [5.74, 6) is 0.996. The number of anilines is 1. The van der Waals surface area contributed by atoms with E-state index in [0.29, 0.717) is 17.1 Å². The summed E-state index contributed by atoms with van der Waals surface area (Å²) in [4.78, 5) is 26.7. The molecule has 0 atom stereocenters. The van der Waals surface area contributed by atoms with Gasteiger partial charge in [0.25, 0.3) is 5.91 Å². The summed E-state index contributed by atoms with van der Waals surface area (Å²) in [6.07, 6.45) is 2.52. The van der Waals surface area contributed by atoms with Crippen LogP contribution in [0.5, 0.6) is 0 Å². The van der Waals surface area contributed by atoms with Crippen LogP contribution in [0.3, 0.4) is 0 Å². The minimum atomic E-state index is 0.0349. The lowest BCUT2D eigenvalue weighted by atomic mass is 10.2. The third kappa shape index (κ3) is 3.32. The molecule has 0 radical (unpaired) electrons. The Bertz CT molecular complexity index is 913. The normalized spacial score (nSPS) is 15.4. The van der Waals surface area contributed by atoms with Gasteiger partial charge in [0, 0.05) is 36.8 Å². The van der Waals surface area contributed by atoms with E-state index in [1.165, 1.54) is 0 Å². The molecule has 0 N–H and O–H groups in total. The van der Waals surface area contributed by atoms with Crippen molar-refractivity contribution in [1.29, 1.82) is 0 Å². The highest BCUT2D eigenvalue weighted by Crippen LogP contribution is 2.27. The van der Waals surface area contributed by atoms with Crippen LogP contribution in [0.25, 0.3) is 10.2 Å². The quantitative estimate of drug-likeness (QED) is 0.688. The highest BCUT2D eigenvalue weighted by molar-refractivity contribution is 7.16. The second-order valence-corrected chi connectivity index (χ2v) is 7.31. The third-order valence-corrected chi connectivity index (χ3v) is 5.45. The van der Waals surface area contributed by atoms with Gasteiger partial charge in [0.1, 0.15) is 17.0 Å². The predicted octanol–water partition coefficient (Wildman–Crippen LogP) is 3.70. The van der Waals surface area contributed by atoms with Crippen LogP contribution in [-0.2, 0) is 0 Å². The smallest absolute Gasteiger partial charge is 0.253 e. The number of halogens is 1. The first-order valence-corrected chi connectivity index (χ1v) is 9.46. The van der Waals surface area contributed by atoms with Gasteiger partial charge in [-0.2, -0.15) is 0 Å². The molecular weight excluding hydrogens is 356 g/mol. The lowest BCUT2D eigenvalue weighted by molar-refractivity contribution is 0.0767. The summed E-state index contributed by atoms with van der Waals surface area (Å²) in [5.41, 5.74) is 0.642. The van der Waals surface area contributed by atoms with E-state index in [2.05, 4.69) is 20.9 Å². The maximum atomic E-state index is 12.7. The van der Waals surface area contributed by atoms with Gasteiger partial charge in [0.2, 0.25) is 0 Å². The van der Waals surface area contributed by atoms with Crippen molar-refractivity contribution in [3.8, 4) is 0 Å². The van der Waals surface area contributed by atoms with Crippen LogP contribution in [0.4, 0.5) is 5.82 Å². The van der Waals surface area contributed by atoms with Gasteiger partial charge in [-0.25, -0.2) is 9.97 Å². The Morgan fingerprint density at radius 1 is 1.12 bits per heavy atom. The molecule has 128 valence electrons. The maximum Gasteiger partial charge on any atom is 0.253 e. The van der Waals surface area contributed by atoms with Crippen molar-refractivity contribution >= 4 is 44.9 Å². The van der Waals surface area contributed by atoms with Crippen molar-refractivity contribution in [3.05, 3.63) is 52.6 Å². The van der Waals surface area contributed by atoms with Crippen LogP contribution in [0.2, 0.25) is 5.02 Å². The minimum absolute atomic E-state index is 0.0349. The molecule has 1 aliphatic rings. The number of carbonyl (C=O) groups is 1. The summed E-state index contributed by atoms with van der Waals surface area (Å²) in [6, 6.07) is 9.20. The van der Waals surface area contributed by atoms with Gasteiger partial charge in [-0.3, -0.25) is 4.79 Å². The number of thiophene rings is 1. The molecule has 5 nitrogen and oxygen atoms in total. The van der Waals surface area contributed by atoms with E-state index < -0.39 is 0 Å². The number of nitrogens with zero attached hydrogens (tertiary/aromatic N) is 4. The van der Waals surface area contributed by atoms with Gasteiger partial charge in [0.05, 0.1) is 5.39 Å². The van der Waals surface area contributed by atoms with E-state index in [-0.39, 0.29) is 5.91 Å². The summed E-state index contributed by atoms with van der Waals surface area (Å²) >= 11 is 7.64. The number of benzene rings is 1. The van der Waals surface area contributed by atoms with Crippen molar-refractivity contribution in [1.82, 2.24) is 14.9 Å². The highest BCUT2D eigenvalue weighted by atomic mass is 35.5. The Hall–Kier alpha value is -2.18. The molecular formula is C18H17ClN4OS. The van der Waals surface area contributed by atoms with Crippen LogP contribution >= 0.6 is 22.9 Å². The zero-order chi connectivity index (χ0) is 17.2. The molecule has 3 aromatic rings. The second-order valence-electron chi connectivity index (χ2n) is 5.98. The van der Waals surface area contributed by atoms with Gasteiger partial charge in [-0.05, 0) is 36.1 Å². The van der Waals surface area contributed by atoms with Crippen LogP contribution in [0, 0.1) is 0 Å². The standard InChI is InChI=1S/C18H17ClN4OS/c19-14-4-1-3-13(11-14)18(24)23-7-2-6-22(8-9-23)16-15-5-10-25-17(15)21-12-20-16/h1,3-5,10-12H,2,6-9H2. The molecule has 2 aromatic heterocycles. The van der Waals surface area contributed by atoms with Crippen molar-refractivity contribution in [3.63, 3.8) is 0 Å². The fourth-order valence-electron chi connectivity index (χ4n) is 3.17. The van der Waals surface area contributed by atoms with Gasteiger partial charge >= 0.3 is 0 Å². The number of fused-ring (bicyclic) bond motifs is 1. The SMILES string of the molecule is O=C(c1cccc(Cl)c1)N1CCCN(c2ncnc3sccc23)CC1.